The van der Waals surface area contributed by atoms with Gasteiger partial charge in [0, 0.05) is 23.7 Å². The van der Waals surface area contributed by atoms with Crippen molar-refractivity contribution in [3.05, 3.63) is 47.5 Å². The maximum atomic E-state index is 6.00. The number of likely N-dealkylation sites (N-methyl/N-ethyl adjacent to an activating group) is 1. The predicted molar refractivity (Wildman–Crippen MR) is 91.3 cm³/mol. The second-order valence-electron chi connectivity index (χ2n) is 5.06. The normalized spacial score (nSPS) is 12.0. The van der Waals surface area contributed by atoms with E-state index < -0.39 is 0 Å². The minimum atomic E-state index is 0. The van der Waals surface area contributed by atoms with E-state index in [9.17, 15) is 0 Å². The zero-order valence-corrected chi connectivity index (χ0v) is 14.3. The van der Waals surface area contributed by atoms with Crippen LogP contribution in [0.2, 0.25) is 5.02 Å². The first-order chi connectivity index (χ1) is 10.7. The van der Waals surface area contributed by atoms with Crippen molar-refractivity contribution in [3.8, 4) is 17.1 Å². The monoisotopic (exact) mass is 353 g/mol. The van der Waals surface area contributed by atoms with Crippen molar-refractivity contribution < 1.29 is 4.52 Å². The smallest absolute Gasteiger partial charge is 0.261 e. The van der Waals surface area contributed by atoms with Gasteiger partial charge in [-0.3, -0.25) is 0 Å². The van der Waals surface area contributed by atoms with Crippen LogP contribution in [0, 0.1) is 0 Å². The second-order valence-corrected chi connectivity index (χ2v) is 5.50. The summed E-state index contributed by atoms with van der Waals surface area (Å²) in [6.45, 7) is 2.06. The van der Waals surface area contributed by atoms with Crippen molar-refractivity contribution in [2.24, 2.45) is 0 Å². The van der Waals surface area contributed by atoms with Crippen LogP contribution >= 0.6 is 24.0 Å². The van der Waals surface area contributed by atoms with Crippen molar-refractivity contribution in [2.45, 2.75) is 19.4 Å². The van der Waals surface area contributed by atoms with Gasteiger partial charge in [-0.15, -0.1) is 12.4 Å². The zero-order chi connectivity index (χ0) is 15.5. The Kier molecular flexibility index (Phi) is 5.76. The van der Waals surface area contributed by atoms with Gasteiger partial charge in [0.05, 0.1) is 17.4 Å². The summed E-state index contributed by atoms with van der Waals surface area (Å²) in [5, 5.41) is 12.1. The molecule has 2 heterocycles. The molecule has 0 fully saturated rings. The van der Waals surface area contributed by atoms with Crippen LogP contribution in [0.5, 0.6) is 0 Å². The molecule has 0 aliphatic carbocycles. The summed E-state index contributed by atoms with van der Waals surface area (Å²) in [6.07, 6.45) is 4.24. The van der Waals surface area contributed by atoms with Gasteiger partial charge in [-0.2, -0.15) is 10.1 Å². The largest absolute Gasteiger partial charge is 0.334 e. The van der Waals surface area contributed by atoms with Crippen molar-refractivity contribution in [1.29, 1.82) is 0 Å². The summed E-state index contributed by atoms with van der Waals surface area (Å²) >= 11 is 6.00. The minimum Gasteiger partial charge on any atom is -0.334 e. The molecule has 23 heavy (non-hydrogen) atoms. The van der Waals surface area contributed by atoms with E-state index >= 15 is 0 Å². The molecule has 0 saturated carbocycles. The Morgan fingerprint density at radius 3 is 2.96 bits per heavy atom. The maximum Gasteiger partial charge on any atom is 0.261 e. The molecule has 0 radical (unpaired) electrons. The van der Waals surface area contributed by atoms with Gasteiger partial charge in [0.1, 0.15) is 0 Å². The molecule has 0 spiro atoms. The fourth-order valence-corrected chi connectivity index (χ4v) is 2.21. The van der Waals surface area contributed by atoms with E-state index in [1.165, 1.54) is 0 Å². The van der Waals surface area contributed by atoms with E-state index in [2.05, 4.69) is 27.5 Å². The summed E-state index contributed by atoms with van der Waals surface area (Å²) < 4.78 is 7.02. The Labute approximate surface area is 145 Å². The summed E-state index contributed by atoms with van der Waals surface area (Å²) in [4.78, 5) is 4.40. The van der Waals surface area contributed by atoms with Crippen molar-refractivity contribution in [1.82, 2.24) is 25.2 Å². The molecule has 3 rings (SSSR count). The summed E-state index contributed by atoms with van der Waals surface area (Å²) in [5.74, 6) is 1.14. The van der Waals surface area contributed by atoms with Crippen LogP contribution in [0.1, 0.15) is 12.7 Å². The number of rotatable bonds is 5. The van der Waals surface area contributed by atoms with Crippen molar-refractivity contribution >= 4 is 24.0 Å². The molecule has 0 aliphatic rings. The van der Waals surface area contributed by atoms with Crippen LogP contribution in [0.3, 0.4) is 0 Å². The number of hydrogen-bond donors (Lipinski definition) is 1. The molecule has 0 saturated heterocycles. The lowest BCUT2D eigenvalue weighted by Gasteiger charge is -2.04. The highest BCUT2D eigenvalue weighted by molar-refractivity contribution is 6.30. The number of benzene rings is 1. The Bertz CT molecular complexity index is 771. The molecule has 0 bridgehead atoms. The molecule has 2 aromatic heterocycles. The second kappa shape index (κ2) is 7.59. The van der Waals surface area contributed by atoms with Crippen LogP contribution in [-0.4, -0.2) is 33.0 Å². The molecule has 1 unspecified atom stereocenters. The van der Waals surface area contributed by atoms with Gasteiger partial charge in [-0.25, -0.2) is 4.68 Å². The molecular weight excluding hydrogens is 337 g/mol. The van der Waals surface area contributed by atoms with E-state index in [1.807, 2.05) is 37.5 Å². The average Bonchev–Trinajstić information content (AvgIpc) is 3.15. The molecule has 3 aromatic rings. The fraction of sp³-hybridized carbons (Fsp3) is 0.267. The third kappa shape index (κ3) is 4.10. The first-order valence-electron chi connectivity index (χ1n) is 6.96. The van der Waals surface area contributed by atoms with Gasteiger partial charge in [0.2, 0.25) is 0 Å². The maximum absolute atomic E-state index is 6.00. The molecule has 0 aliphatic heterocycles. The lowest BCUT2D eigenvalue weighted by atomic mass is 10.2. The first kappa shape index (κ1) is 17.5. The van der Waals surface area contributed by atoms with Gasteiger partial charge in [-0.1, -0.05) is 22.8 Å². The molecule has 6 nitrogen and oxygen atoms in total. The van der Waals surface area contributed by atoms with E-state index in [1.54, 1.807) is 10.9 Å². The SMILES string of the molecule is CNC(C)Cc1noc(-c2cnn(-c3cccc(Cl)c3)c2)n1.Cl. The highest BCUT2D eigenvalue weighted by atomic mass is 35.5. The Morgan fingerprint density at radius 1 is 1.39 bits per heavy atom. The van der Waals surface area contributed by atoms with Gasteiger partial charge < -0.3 is 9.84 Å². The average molecular weight is 354 g/mol. The van der Waals surface area contributed by atoms with Crippen LogP contribution < -0.4 is 5.32 Å². The third-order valence-electron chi connectivity index (χ3n) is 3.35. The summed E-state index contributed by atoms with van der Waals surface area (Å²) in [5.41, 5.74) is 1.65. The van der Waals surface area contributed by atoms with Crippen LogP contribution in [0.15, 0.2) is 41.2 Å². The fourth-order valence-electron chi connectivity index (χ4n) is 2.02. The number of nitrogens with one attached hydrogen (secondary N) is 1. The molecule has 0 amide bonds. The van der Waals surface area contributed by atoms with Crippen molar-refractivity contribution in [2.75, 3.05) is 7.05 Å². The molecular formula is C15H17Cl2N5O. The molecule has 1 aromatic carbocycles. The third-order valence-corrected chi connectivity index (χ3v) is 3.59. The van der Waals surface area contributed by atoms with Crippen LogP contribution in [0.25, 0.3) is 17.1 Å². The van der Waals surface area contributed by atoms with E-state index in [-0.39, 0.29) is 12.4 Å². The topological polar surface area (TPSA) is 68.8 Å². The number of halogens is 2. The van der Waals surface area contributed by atoms with Gasteiger partial charge in [-0.05, 0) is 32.2 Å². The number of aromatic nitrogens is 4. The highest BCUT2D eigenvalue weighted by Crippen LogP contribution is 2.20. The minimum absolute atomic E-state index is 0. The van der Waals surface area contributed by atoms with Gasteiger partial charge in [0.15, 0.2) is 5.82 Å². The van der Waals surface area contributed by atoms with E-state index in [4.69, 9.17) is 16.1 Å². The van der Waals surface area contributed by atoms with Gasteiger partial charge >= 0.3 is 0 Å². The van der Waals surface area contributed by atoms with E-state index in [0.717, 1.165) is 11.3 Å². The Hall–Kier alpha value is -1.89. The van der Waals surface area contributed by atoms with Crippen LogP contribution in [0.4, 0.5) is 0 Å². The first-order valence-corrected chi connectivity index (χ1v) is 7.34. The number of hydrogen-bond acceptors (Lipinski definition) is 5. The quantitative estimate of drug-likeness (QED) is 0.762. The van der Waals surface area contributed by atoms with Crippen molar-refractivity contribution in [3.63, 3.8) is 0 Å². The lowest BCUT2D eigenvalue weighted by molar-refractivity contribution is 0.418. The van der Waals surface area contributed by atoms with E-state index in [0.29, 0.717) is 29.2 Å². The Morgan fingerprint density at radius 2 is 2.22 bits per heavy atom. The standard InChI is InChI=1S/C15H16ClN5O.ClH/c1-10(17-2)6-14-19-15(22-20-14)11-8-18-21(9-11)13-5-3-4-12(16)7-13;/h3-5,7-10,17H,6H2,1-2H3;1H. The molecule has 1 atom stereocenters. The summed E-state index contributed by atoms with van der Waals surface area (Å²) in [6, 6.07) is 7.76. The molecule has 8 heteroatoms. The lowest BCUT2D eigenvalue weighted by Crippen LogP contribution is -2.24. The highest BCUT2D eigenvalue weighted by Gasteiger charge is 2.13. The Balaban J connectivity index is 0.00000192. The summed E-state index contributed by atoms with van der Waals surface area (Å²) in [7, 11) is 1.90. The zero-order valence-electron chi connectivity index (χ0n) is 12.7. The molecule has 122 valence electrons. The van der Waals surface area contributed by atoms with Gasteiger partial charge in [0.25, 0.3) is 5.89 Å². The number of nitrogens with zero attached hydrogens (tertiary/aromatic N) is 4. The predicted octanol–water partition coefficient (Wildman–Crippen LogP) is 3.15. The molecule has 1 N–H and O–H groups in total. The van der Waals surface area contributed by atoms with Crippen LogP contribution in [-0.2, 0) is 6.42 Å².